The molecule has 1 amide bonds. The van der Waals surface area contributed by atoms with Crippen LogP contribution in [0.1, 0.15) is 93.1 Å². The monoisotopic (exact) mass is 648 g/mol. The average molecular weight is 649 g/mol. The van der Waals surface area contributed by atoms with Crippen LogP contribution in [0.4, 0.5) is 0 Å². The quantitative estimate of drug-likeness (QED) is 0.259. The fraction of sp³-hybridized carbons (Fsp3) is 0.641. The van der Waals surface area contributed by atoms with E-state index in [1.807, 2.05) is 24.3 Å². The number of amides is 1. The van der Waals surface area contributed by atoms with Crippen molar-refractivity contribution in [2.75, 3.05) is 46.0 Å². The number of aliphatic hydroxyl groups excluding tert-OH is 1. The number of carbonyl (C=O) groups is 2. The second-order valence-electron chi connectivity index (χ2n) is 14.0. The van der Waals surface area contributed by atoms with Gasteiger partial charge in [-0.15, -0.1) is 0 Å². The number of morpholine rings is 1. The predicted molar refractivity (Wildman–Crippen MR) is 183 cm³/mol. The predicted octanol–water partition coefficient (Wildman–Crippen LogP) is 6.19. The molecular weight excluding hydrogens is 592 g/mol. The maximum Gasteiger partial charge on any atom is 0.329 e. The van der Waals surface area contributed by atoms with Crippen LogP contribution in [0.15, 0.2) is 42.5 Å². The molecule has 2 heterocycles. The van der Waals surface area contributed by atoms with Gasteiger partial charge in [0.05, 0.1) is 25.2 Å². The van der Waals surface area contributed by atoms with Crippen LogP contribution in [0.25, 0.3) is 0 Å². The van der Waals surface area contributed by atoms with Crippen molar-refractivity contribution in [1.82, 2.24) is 9.80 Å². The molecule has 8 heteroatoms. The zero-order valence-electron chi connectivity index (χ0n) is 28.8. The summed E-state index contributed by atoms with van der Waals surface area (Å²) in [5.74, 6) is -0.00232. The van der Waals surface area contributed by atoms with Crippen molar-refractivity contribution in [1.29, 1.82) is 0 Å². The van der Waals surface area contributed by atoms with Crippen LogP contribution >= 0.6 is 0 Å². The van der Waals surface area contributed by atoms with Crippen LogP contribution in [-0.2, 0) is 25.5 Å². The van der Waals surface area contributed by atoms with E-state index in [1.54, 1.807) is 11.8 Å². The SMILES string of the molecule is Cc1ccc(CCC(OC(=O)[C@@H]2CCCCN2C(=O)[C@@H](C2CCCCC2)[C@@H](C)O)c2cccc(OCCN3CCOCC3)c2)cc1C. The van der Waals surface area contributed by atoms with Crippen molar-refractivity contribution in [3.8, 4) is 5.75 Å². The Morgan fingerprint density at radius 1 is 0.936 bits per heavy atom. The number of ether oxygens (including phenoxy) is 3. The number of benzene rings is 2. The maximum absolute atomic E-state index is 14.1. The second kappa shape index (κ2) is 17.5. The number of rotatable bonds is 13. The highest BCUT2D eigenvalue weighted by Crippen LogP contribution is 2.35. The molecule has 0 spiro atoms. The van der Waals surface area contributed by atoms with Crippen molar-refractivity contribution < 1.29 is 28.9 Å². The van der Waals surface area contributed by atoms with E-state index in [2.05, 4.69) is 36.9 Å². The lowest BCUT2D eigenvalue weighted by molar-refractivity contribution is -0.165. The largest absolute Gasteiger partial charge is 0.492 e. The highest BCUT2D eigenvalue weighted by molar-refractivity contribution is 5.86. The van der Waals surface area contributed by atoms with E-state index in [4.69, 9.17) is 14.2 Å². The minimum atomic E-state index is -0.749. The number of esters is 1. The van der Waals surface area contributed by atoms with Gasteiger partial charge in [-0.3, -0.25) is 9.69 Å². The molecule has 1 saturated carbocycles. The third kappa shape index (κ3) is 9.80. The molecule has 258 valence electrons. The summed E-state index contributed by atoms with van der Waals surface area (Å²) in [6.07, 6.45) is 7.69. The fourth-order valence-corrected chi connectivity index (χ4v) is 7.62. The van der Waals surface area contributed by atoms with Gasteiger partial charge in [0.15, 0.2) is 0 Å². The Balaban J connectivity index is 1.31. The lowest BCUT2D eigenvalue weighted by atomic mass is 9.76. The van der Waals surface area contributed by atoms with E-state index in [9.17, 15) is 14.7 Å². The number of hydrogen-bond acceptors (Lipinski definition) is 7. The zero-order valence-corrected chi connectivity index (χ0v) is 28.8. The van der Waals surface area contributed by atoms with E-state index in [-0.39, 0.29) is 17.8 Å². The Bertz CT molecular complexity index is 1300. The van der Waals surface area contributed by atoms with E-state index in [0.29, 0.717) is 26.0 Å². The van der Waals surface area contributed by atoms with Crippen LogP contribution in [-0.4, -0.2) is 84.9 Å². The second-order valence-corrected chi connectivity index (χ2v) is 14.0. The van der Waals surface area contributed by atoms with E-state index in [0.717, 1.165) is 89.1 Å². The minimum Gasteiger partial charge on any atom is -0.492 e. The van der Waals surface area contributed by atoms with Gasteiger partial charge < -0.3 is 24.2 Å². The summed E-state index contributed by atoms with van der Waals surface area (Å²) in [4.78, 5) is 32.2. The van der Waals surface area contributed by atoms with Crippen molar-refractivity contribution in [2.45, 2.75) is 103 Å². The van der Waals surface area contributed by atoms with Gasteiger partial charge >= 0.3 is 5.97 Å². The summed E-state index contributed by atoms with van der Waals surface area (Å²) in [6, 6.07) is 13.8. The molecule has 1 aliphatic carbocycles. The normalized spacial score (nSPS) is 21.5. The molecule has 0 radical (unpaired) electrons. The first-order valence-electron chi connectivity index (χ1n) is 18.1. The Labute approximate surface area is 281 Å². The average Bonchev–Trinajstić information content (AvgIpc) is 3.09. The first kappa shape index (κ1) is 35.4. The number of carbonyl (C=O) groups excluding carboxylic acids is 2. The third-order valence-electron chi connectivity index (χ3n) is 10.6. The standard InChI is InChI=1S/C39H56N2O6/c1-28-15-16-31(26-29(28)2)17-18-36(33-12-9-13-34(27-33)46-25-22-40-20-23-45-24-21-40)47-39(44)35-14-7-8-19-41(35)38(43)37(30(3)42)32-10-5-4-6-11-32/h9,12-13,15-16,26-27,30,32,35-37,42H,4-8,10-11,14,17-25H2,1-3H3/t30-,35+,36?,37-/m1/s1. The molecule has 2 saturated heterocycles. The van der Waals surface area contributed by atoms with Crippen molar-refractivity contribution in [2.24, 2.45) is 11.8 Å². The van der Waals surface area contributed by atoms with E-state index in [1.165, 1.54) is 23.1 Å². The molecule has 3 aliphatic rings. The Morgan fingerprint density at radius 3 is 2.45 bits per heavy atom. The molecule has 4 atom stereocenters. The summed E-state index contributed by atoms with van der Waals surface area (Å²) < 4.78 is 18.0. The molecule has 0 bridgehead atoms. The Kier molecular flexibility index (Phi) is 13.1. The number of hydrogen-bond donors (Lipinski definition) is 1. The number of aryl methyl sites for hydroxylation is 3. The summed E-state index contributed by atoms with van der Waals surface area (Å²) >= 11 is 0. The lowest BCUT2D eigenvalue weighted by Crippen LogP contribution is -2.53. The summed E-state index contributed by atoms with van der Waals surface area (Å²) in [5, 5.41) is 10.8. The van der Waals surface area contributed by atoms with Gasteiger partial charge in [0, 0.05) is 26.2 Å². The van der Waals surface area contributed by atoms with Crippen molar-refractivity contribution in [3.05, 3.63) is 64.7 Å². The summed E-state index contributed by atoms with van der Waals surface area (Å²) in [7, 11) is 0. The van der Waals surface area contributed by atoms with Crippen LogP contribution in [0.2, 0.25) is 0 Å². The Hall–Kier alpha value is -2.94. The first-order valence-corrected chi connectivity index (χ1v) is 18.1. The molecule has 5 rings (SSSR count). The molecule has 47 heavy (non-hydrogen) atoms. The number of likely N-dealkylation sites (tertiary alicyclic amines) is 1. The zero-order chi connectivity index (χ0) is 33.2. The van der Waals surface area contributed by atoms with Gasteiger partial charge in [-0.1, -0.05) is 49.6 Å². The molecule has 2 aromatic rings. The minimum absolute atomic E-state index is 0.0871. The highest BCUT2D eigenvalue weighted by Gasteiger charge is 2.41. The molecule has 2 aromatic carbocycles. The van der Waals surface area contributed by atoms with Gasteiger partial charge in [-0.2, -0.15) is 0 Å². The van der Waals surface area contributed by atoms with Crippen LogP contribution in [0.5, 0.6) is 5.75 Å². The van der Waals surface area contributed by atoms with Crippen LogP contribution in [0, 0.1) is 25.7 Å². The van der Waals surface area contributed by atoms with Gasteiger partial charge in [0.25, 0.3) is 0 Å². The molecular formula is C39H56N2O6. The number of aliphatic hydroxyl groups is 1. The number of nitrogens with zero attached hydrogens (tertiary/aromatic N) is 2. The first-order chi connectivity index (χ1) is 22.8. The lowest BCUT2D eigenvalue weighted by Gasteiger charge is -2.40. The van der Waals surface area contributed by atoms with Crippen molar-refractivity contribution >= 4 is 11.9 Å². The molecule has 1 unspecified atom stereocenters. The summed E-state index contributed by atoms with van der Waals surface area (Å²) in [5.41, 5.74) is 4.59. The third-order valence-corrected chi connectivity index (χ3v) is 10.6. The molecule has 3 fully saturated rings. The smallest absolute Gasteiger partial charge is 0.329 e. The maximum atomic E-state index is 14.1. The molecule has 1 N–H and O–H groups in total. The molecule has 0 aromatic heterocycles. The van der Waals surface area contributed by atoms with E-state index < -0.39 is 24.2 Å². The topological polar surface area (TPSA) is 88.5 Å². The van der Waals surface area contributed by atoms with Crippen molar-refractivity contribution in [3.63, 3.8) is 0 Å². The van der Waals surface area contributed by atoms with Gasteiger partial charge in [0.1, 0.15) is 24.5 Å². The van der Waals surface area contributed by atoms with Gasteiger partial charge in [0.2, 0.25) is 5.91 Å². The molecule has 8 nitrogen and oxygen atoms in total. The molecule has 2 aliphatic heterocycles. The highest BCUT2D eigenvalue weighted by atomic mass is 16.5. The van der Waals surface area contributed by atoms with Gasteiger partial charge in [-0.25, -0.2) is 4.79 Å². The number of piperidine rings is 1. The Morgan fingerprint density at radius 2 is 1.70 bits per heavy atom. The van der Waals surface area contributed by atoms with E-state index >= 15 is 0 Å². The fourth-order valence-electron chi connectivity index (χ4n) is 7.62. The van der Waals surface area contributed by atoms with Crippen LogP contribution in [0.3, 0.4) is 0 Å². The van der Waals surface area contributed by atoms with Crippen LogP contribution < -0.4 is 4.74 Å². The van der Waals surface area contributed by atoms with Gasteiger partial charge in [-0.05, 0) is 106 Å². The summed E-state index contributed by atoms with van der Waals surface area (Å²) in [6.45, 7) is 11.2.